The SMILES string of the molecule is CCOC(=O)Cc1csc(N)[n+]1CC(=O)c1ccc(F)cc1. The number of Topliss-reactive ketones (excluding diaryl/α,β-unsaturated/α-hetero) is 1. The molecule has 2 aromatic rings. The largest absolute Gasteiger partial charge is 0.466 e. The summed E-state index contributed by atoms with van der Waals surface area (Å²) in [6.45, 7) is 2.02. The van der Waals surface area contributed by atoms with E-state index in [4.69, 9.17) is 10.5 Å². The van der Waals surface area contributed by atoms with Gasteiger partial charge in [-0.1, -0.05) is 11.3 Å². The number of carbonyl (C=O) groups excluding carboxylic acids is 2. The molecule has 0 aliphatic carbocycles. The second-order valence-electron chi connectivity index (χ2n) is 4.56. The second kappa shape index (κ2) is 7.13. The van der Waals surface area contributed by atoms with Crippen molar-refractivity contribution in [1.82, 2.24) is 0 Å². The molecule has 0 saturated heterocycles. The van der Waals surface area contributed by atoms with Crippen molar-refractivity contribution in [2.24, 2.45) is 0 Å². The number of thiazole rings is 1. The summed E-state index contributed by atoms with van der Waals surface area (Å²) >= 11 is 1.25. The van der Waals surface area contributed by atoms with Crippen LogP contribution in [0.2, 0.25) is 0 Å². The first kappa shape index (κ1) is 16.1. The minimum atomic E-state index is -0.401. The molecule has 0 radical (unpaired) electrons. The van der Waals surface area contributed by atoms with Gasteiger partial charge in [0.05, 0.1) is 6.61 Å². The normalized spacial score (nSPS) is 10.5. The van der Waals surface area contributed by atoms with Gasteiger partial charge in [0.15, 0.2) is 6.54 Å². The molecule has 7 heteroatoms. The van der Waals surface area contributed by atoms with Gasteiger partial charge in [-0.25, -0.2) is 8.96 Å². The number of nitrogen functional groups attached to an aromatic ring is 1. The van der Waals surface area contributed by atoms with Gasteiger partial charge in [-0.3, -0.25) is 15.3 Å². The van der Waals surface area contributed by atoms with E-state index in [1.165, 1.54) is 35.6 Å². The van der Waals surface area contributed by atoms with Crippen molar-refractivity contribution >= 4 is 28.2 Å². The van der Waals surface area contributed by atoms with Crippen molar-refractivity contribution in [1.29, 1.82) is 0 Å². The third-order valence-electron chi connectivity index (χ3n) is 3.03. The highest BCUT2D eigenvalue weighted by Gasteiger charge is 2.21. The summed E-state index contributed by atoms with van der Waals surface area (Å²) in [5.74, 6) is -0.981. The Hall–Kier alpha value is -2.28. The zero-order valence-corrected chi connectivity index (χ0v) is 12.9. The molecule has 2 rings (SSSR count). The number of rotatable bonds is 6. The van der Waals surface area contributed by atoms with Crippen molar-refractivity contribution in [2.45, 2.75) is 19.9 Å². The van der Waals surface area contributed by atoms with E-state index in [0.717, 1.165) is 0 Å². The average molecular weight is 323 g/mol. The van der Waals surface area contributed by atoms with Gasteiger partial charge in [0.25, 0.3) is 0 Å². The molecule has 1 heterocycles. The van der Waals surface area contributed by atoms with Crippen LogP contribution in [-0.4, -0.2) is 18.4 Å². The standard InChI is InChI=1S/C15H15FN2O3S/c1-2-21-14(20)7-12-9-22-15(17)18(12)8-13(19)10-3-5-11(16)6-4-10/h3-6,9,17H,2,7-8H2,1H3/p+1. The number of aromatic nitrogens is 1. The summed E-state index contributed by atoms with van der Waals surface area (Å²) in [6.07, 6.45) is 0.0538. The molecule has 0 fully saturated rings. The molecule has 116 valence electrons. The number of benzene rings is 1. The number of halogens is 1. The van der Waals surface area contributed by atoms with Crippen LogP contribution < -0.4 is 10.3 Å². The lowest BCUT2D eigenvalue weighted by Crippen LogP contribution is -2.43. The van der Waals surface area contributed by atoms with Gasteiger partial charge in [-0.05, 0) is 31.2 Å². The molecule has 0 aliphatic rings. The van der Waals surface area contributed by atoms with Crippen LogP contribution in [-0.2, 0) is 22.5 Å². The predicted molar refractivity (Wildman–Crippen MR) is 80.0 cm³/mol. The van der Waals surface area contributed by atoms with E-state index in [2.05, 4.69) is 0 Å². The molecule has 2 N–H and O–H groups in total. The van der Waals surface area contributed by atoms with Crippen LogP contribution in [0, 0.1) is 5.82 Å². The van der Waals surface area contributed by atoms with Crippen molar-refractivity contribution in [3.63, 3.8) is 0 Å². The molecule has 0 aliphatic heterocycles. The van der Waals surface area contributed by atoms with Crippen LogP contribution in [0.4, 0.5) is 9.52 Å². The Kier molecular flexibility index (Phi) is 5.21. The van der Waals surface area contributed by atoms with E-state index in [-0.39, 0.29) is 24.7 Å². The molecule has 5 nitrogen and oxygen atoms in total. The Balaban J connectivity index is 2.15. The molecule has 22 heavy (non-hydrogen) atoms. The molecule has 0 bridgehead atoms. The van der Waals surface area contributed by atoms with Crippen LogP contribution in [0.5, 0.6) is 0 Å². The summed E-state index contributed by atoms with van der Waals surface area (Å²) in [7, 11) is 0. The highest BCUT2D eigenvalue weighted by atomic mass is 32.1. The lowest BCUT2D eigenvalue weighted by Gasteiger charge is -2.04. The van der Waals surface area contributed by atoms with Crippen LogP contribution in [0.15, 0.2) is 29.6 Å². The Morgan fingerprint density at radius 1 is 1.32 bits per heavy atom. The van der Waals surface area contributed by atoms with Gasteiger partial charge in [-0.2, -0.15) is 0 Å². The Labute approximate surface area is 131 Å². The molecular weight excluding hydrogens is 307 g/mol. The summed E-state index contributed by atoms with van der Waals surface area (Å²) in [6, 6.07) is 5.31. The highest BCUT2D eigenvalue weighted by molar-refractivity contribution is 7.13. The molecule has 0 saturated carbocycles. The fourth-order valence-electron chi connectivity index (χ4n) is 1.94. The van der Waals surface area contributed by atoms with Crippen LogP contribution >= 0.6 is 11.3 Å². The van der Waals surface area contributed by atoms with Crippen LogP contribution in [0.3, 0.4) is 0 Å². The predicted octanol–water partition coefficient (Wildman–Crippen LogP) is 1.75. The zero-order chi connectivity index (χ0) is 16.1. The summed E-state index contributed by atoms with van der Waals surface area (Å²) in [5.41, 5.74) is 6.87. The maximum Gasteiger partial charge on any atom is 0.332 e. The zero-order valence-electron chi connectivity index (χ0n) is 12.0. The Morgan fingerprint density at radius 2 is 2.00 bits per heavy atom. The van der Waals surface area contributed by atoms with Gasteiger partial charge in [0.1, 0.15) is 17.9 Å². The van der Waals surface area contributed by atoms with Gasteiger partial charge >= 0.3 is 11.1 Å². The Morgan fingerprint density at radius 3 is 2.64 bits per heavy atom. The summed E-state index contributed by atoms with van der Waals surface area (Å²) < 4.78 is 19.4. The Bertz CT molecular complexity index is 683. The summed E-state index contributed by atoms with van der Waals surface area (Å²) in [5, 5.41) is 2.15. The first-order valence-corrected chi connectivity index (χ1v) is 7.59. The molecular formula is C15H16FN2O3S+. The fourth-order valence-corrected chi connectivity index (χ4v) is 2.72. The fraction of sp³-hybridized carbons (Fsp3) is 0.267. The number of carbonyl (C=O) groups is 2. The van der Waals surface area contributed by atoms with E-state index in [9.17, 15) is 14.0 Å². The summed E-state index contributed by atoms with van der Waals surface area (Å²) in [4.78, 5) is 23.8. The lowest BCUT2D eigenvalue weighted by atomic mass is 10.1. The topological polar surface area (TPSA) is 73.3 Å². The first-order valence-electron chi connectivity index (χ1n) is 6.71. The second-order valence-corrected chi connectivity index (χ2v) is 5.45. The van der Waals surface area contributed by atoms with Crippen molar-refractivity contribution in [3.8, 4) is 0 Å². The average Bonchev–Trinajstić information content (AvgIpc) is 2.81. The van der Waals surface area contributed by atoms with Gasteiger partial charge in [0, 0.05) is 10.9 Å². The smallest absolute Gasteiger partial charge is 0.332 e. The number of nitrogens with zero attached hydrogens (tertiary/aromatic N) is 1. The third kappa shape index (κ3) is 3.88. The third-order valence-corrected chi connectivity index (χ3v) is 3.88. The number of hydrogen-bond donors (Lipinski definition) is 1. The molecule has 1 aromatic heterocycles. The van der Waals surface area contributed by atoms with Crippen molar-refractivity contribution < 1.29 is 23.3 Å². The number of ketones is 1. The van der Waals surface area contributed by atoms with Gasteiger partial charge in [0.2, 0.25) is 5.78 Å². The van der Waals surface area contributed by atoms with E-state index >= 15 is 0 Å². The monoisotopic (exact) mass is 323 g/mol. The quantitative estimate of drug-likeness (QED) is 0.499. The van der Waals surface area contributed by atoms with Gasteiger partial charge in [-0.15, -0.1) is 0 Å². The number of hydrogen-bond acceptors (Lipinski definition) is 5. The molecule has 0 atom stereocenters. The molecule has 0 amide bonds. The minimum Gasteiger partial charge on any atom is -0.466 e. The number of esters is 1. The maximum atomic E-state index is 12.9. The first-order chi connectivity index (χ1) is 10.5. The van der Waals surface area contributed by atoms with E-state index < -0.39 is 5.82 Å². The van der Waals surface area contributed by atoms with Crippen LogP contribution in [0.25, 0.3) is 0 Å². The number of anilines is 1. The van der Waals surface area contributed by atoms with Gasteiger partial charge < -0.3 is 4.74 Å². The maximum absolute atomic E-state index is 12.9. The number of ether oxygens (including phenoxy) is 1. The van der Waals surface area contributed by atoms with E-state index in [0.29, 0.717) is 23.0 Å². The van der Waals surface area contributed by atoms with Crippen LogP contribution in [0.1, 0.15) is 23.0 Å². The lowest BCUT2D eigenvalue weighted by molar-refractivity contribution is -0.671. The van der Waals surface area contributed by atoms with Crippen molar-refractivity contribution in [3.05, 3.63) is 46.7 Å². The van der Waals surface area contributed by atoms with Crippen molar-refractivity contribution in [2.75, 3.05) is 12.3 Å². The molecule has 1 aromatic carbocycles. The molecule has 0 unspecified atom stereocenters. The molecule has 0 spiro atoms. The van der Waals surface area contributed by atoms with E-state index in [1.807, 2.05) is 0 Å². The highest BCUT2D eigenvalue weighted by Crippen LogP contribution is 2.12. The van der Waals surface area contributed by atoms with E-state index in [1.54, 1.807) is 16.9 Å². The minimum absolute atomic E-state index is 0.00426. The number of nitrogens with two attached hydrogens (primary N) is 1.